The number of amides is 1. The van der Waals surface area contributed by atoms with Gasteiger partial charge < -0.3 is 10.1 Å². The Bertz CT molecular complexity index is 553. The largest absolute Gasteiger partial charge is 0.377 e. The Morgan fingerprint density at radius 3 is 2.95 bits per heavy atom. The summed E-state index contributed by atoms with van der Waals surface area (Å²) in [6.45, 7) is 4.53. The minimum atomic E-state index is 0.0525. The molecule has 1 aliphatic heterocycles. The summed E-state index contributed by atoms with van der Waals surface area (Å²) in [4.78, 5) is 24.2. The molecule has 1 aromatic heterocycles. The number of rotatable bonds is 5. The van der Waals surface area contributed by atoms with E-state index in [0.717, 1.165) is 29.9 Å². The lowest BCUT2D eigenvalue weighted by atomic mass is 9.65. The fourth-order valence-electron chi connectivity index (χ4n) is 3.61. The first-order chi connectivity index (χ1) is 10.1. The van der Waals surface area contributed by atoms with Crippen molar-refractivity contribution in [2.45, 2.75) is 45.3 Å². The van der Waals surface area contributed by atoms with E-state index in [1.165, 1.54) is 11.3 Å². The first-order valence-corrected chi connectivity index (χ1v) is 8.47. The van der Waals surface area contributed by atoms with E-state index in [1.807, 2.05) is 11.4 Å². The average molecular weight is 307 g/mol. The molecular formula is C16H21NO3S. The van der Waals surface area contributed by atoms with Gasteiger partial charge in [-0.25, -0.2) is 0 Å². The van der Waals surface area contributed by atoms with E-state index in [4.69, 9.17) is 4.74 Å². The lowest BCUT2D eigenvalue weighted by molar-refractivity contribution is -0.126. The normalized spacial score (nSPS) is 30.6. The number of carbonyl (C=O) groups is 2. The third-order valence-electron chi connectivity index (χ3n) is 4.69. The van der Waals surface area contributed by atoms with Gasteiger partial charge in [-0.3, -0.25) is 9.59 Å². The minimum Gasteiger partial charge on any atom is -0.377 e. The molecule has 4 atom stereocenters. The summed E-state index contributed by atoms with van der Waals surface area (Å²) >= 11 is 1.41. The summed E-state index contributed by atoms with van der Waals surface area (Å²) in [7, 11) is 0. The third kappa shape index (κ3) is 2.77. The van der Waals surface area contributed by atoms with Gasteiger partial charge in [-0.1, -0.05) is 6.92 Å². The van der Waals surface area contributed by atoms with E-state index in [9.17, 15) is 9.59 Å². The van der Waals surface area contributed by atoms with Gasteiger partial charge in [-0.2, -0.15) is 0 Å². The van der Waals surface area contributed by atoms with Gasteiger partial charge in [0, 0.05) is 24.5 Å². The van der Waals surface area contributed by atoms with Gasteiger partial charge in [-0.15, -0.1) is 11.3 Å². The molecule has 2 heterocycles. The minimum absolute atomic E-state index is 0.0525. The Labute approximate surface area is 128 Å². The van der Waals surface area contributed by atoms with Crippen LogP contribution in [0.25, 0.3) is 0 Å². The number of Topliss-reactive ketones (excluding diaryl/α,β-unsaturated/α-hetero) is 1. The fourth-order valence-corrected chi connectivity index (χ4v) is 4.42. The highest BCUT2D eigenvalue weighted by Gasteiger charge is 2.53. The van der Waals surface area contributed by atoms with Crippen LogP contribution in [-0.2, 0) is 16.0 Å². The smallest absolute Gasteiger partial charge is 0.224 e. The van der Waals surface area contributed by atoms with E-state index < -0.39 is 0 Å². The molecule has 1 saturated heterocycles. The highest BCUT2D eigenvalue weighted by atomic mass is 32.1. The van der Waals surface area contributed by atoms with Crippen molar-refractivity contribution in [3.05, 3.63) is 21.9 Å². The first kappa shape index (κ1) is 14.7. The molecule has 0 spiro atoms. The Kier molecular flexibility index (Phi) is 4.13. The standard InChI is InChI=1S/C16H21NO3S/c1-3-11-15(12-4-5-20-16(11)12)17-14(19)7-10-6-13(9(2)18)21-8-10/h6,8,11-12,15-16H,3-5,7H2,1-2H3,(H,17,19)/t11-,12+,15-,16-/m1/s1. The van der Waals surface area contributed by atoms with Crippen molar-refractivity contribution in [3.8, 4) is 0 Å². The Balaban J connectivity index is 1.57. The van der Waals surface area contributed by atoms with Crippen LogP contribution in [0.5, 0.6) is 0 Å². The van der Waals surface area contributed by atoms with Crippen molar-refractivity contribution in [3.63, 3.8) is 0 Å². The zero-order valence-corrected chi connectivity index (χ0v) is 13.2. The number of nitrogens with one attached hydrogen (secondary N) is 1. The molecule has 1 aromatic rings. The van der Waals surface area contributed by atoms with Crippen molar-refractivity contribution in [2.24, 2.45) is 11.8 Å². The van der Waals surface area contributed by atoms with Crippen LogP contribution in [0.2, 0.25) is 0 Å². The van der Waals surface area contributed by atoms with Crippen molar-refractivity contribution in [1.82, 2.24) is 5.32 Å². The number of hydrogen-bond acceptors (Lipinski definition) is 4. The second-order valence-corrected chi connectivity index (χ2v) is 6.92. The van der Waals surface area contributed by atoms with Crippen LogP contribution in [-0.4, -0.2) is 30.4 Å². The second-order valence-electron chi connectivity index (χ2n) is 6.01. The topological polar surface area (TPSA) is 55.4 Å². The maximum atomic E-state index is 12.2. The van der Waals surface area contributed by atoms with Crippen LogP contribution in [0.4, 0.5) is 0 Å². The van der Waals surface area contributed by atoms with Crippen molar-refractivity contribution in [2.75, 3.05) is 6.61 Å². The quantitative estimate of drug-likeness (QED) is 0.850. The molecule has 0 unspecified atom stereocenters. The molecule has 2 fully saturated rings. The predicted molar refractivity (Wildman–Crippen MR) is 81.6 cm³/mol. The van der Waals surface area contributed by atoms with Crippen LogP contribution >= 0.6 is 11.3 Å². The molecule has 0 aromatic carbocycles. The summed E-state index contributed by atoms with van der Waals surface area (Å²) in [5.41, 5.74) is 0.925. The van der Waals surface area contributed by atoms with Crippen LogP contribution in [0.3, 0.4) is 0 Å². The fraction of sp³-hybridized carbons (Fsp3) is 0.625. The third-order valence-corrected chi connectivity index (χ3v) is 5.77. The van der Waals surface area contributed by atoms with Crippen LogP contribution in [0.15, 0.2) is 11.4 Å². The van der Waals surface area contributed by atoms with E-state index in [1.54, 1.807) is 6.92 Å². The number of carbonyl (C=O) groups excluding carboxylic acids is 2. The number of fused-ring (bicyclic) bond motifs is 1. The van der Waals surface area contributed by atoms with Crippen molar-refractivity contribution in [1.29, 1.82) is 0 Å². The van der Waals surface area contributed by atoms with E-state index in [2.05, 4.69) is 12.2 Å². The van der Waals surface area contributed by atoms with Crippen LogP contribution in [0, 0.1) is 11.8 Å². The molecule has 3 rings (SSSR count). The van der Waals surface area contributed by atoms with E-state index in [-0.39, 0.29) is 17.7 Å². The monoisotopic (exact) mass is 307 g/mol. The summed E-state index contributed by atoms with van der Waals surface area (Å²) in [6, 6.07) is 2.09. The van der Waals surface area contributed by atoms with Crippen molar-refractivity contribution < 1.29 is 14.3 Å². The van der Waals surface area contributed by atoms with Gasteiger partial charge in [0.05, 0.1) is 17.4 Å². The molecule has 114 valence electrons. The van der Waals surface area contributed by atoms with E-state index in [0.29, 0.717) is 24.4 Å². The predicted octanol–water partition coefficient (Wildman–Crippen LogP) is 2.42. The lowest BCUT2D eigenvalue weighted by Gasteiger charge is -2.47. The molecule has 21 heavy (non-hydrogen) atoms. The number of ketones is 1. The van der Waals surface area contributed by atoms with Gasteiger partial charge in [-0.05, 0) is 36.8 Å². The maximum absolute atomic E-state index is 12.2. The van der Waals surface area contributed by atoms with Gasteiger partial charge in [0.15, 0.2) is 5.78 Å². The number of hydrogen-bond donors (Lipinski definition) is 1. The summed E-state index contributed by atoms with van der Waals surface area (Å²) in [6.07, 6.45) is 2.80. The van der Waals surface area contributed by atoms with Gasteiger partial charge in [0.1, 0.15) is 0 Å². The molecule has 1 aliphatic carbocycles. The Morgan fingerprint density at radius 2 is 2.29 bits per heavy atom. The molecule has 1 amide bonds. The Morgan fingerprint density at radius 1 is 1.48 bits per heavy atom. The zero-order chi connectivity index (χ0) is 15.0. The van der Waals surface area contributed by atoms with E-state index >= 15 is 0 Å². The zero-order valence-electron chi connectivity index (χ0n) is 12.4. The van der Waals surface area contributed by atoms with Crippen molar-refractivity contribution >= 4 is 23.0 Å². The lowest BCUT2D eigenvalue weighted by Crippen LogP contribution is -2.61. The van der Waals surface area contributed by atoms with Crippen LogP contribution in [0.1, 0.15) is 41.9 Å². The molecular weight excluding hydrogens is 286 g/mol. The van der Waals surface area contributed by atoms with Crippen LogP contribution < -0.4 is 5.32 Å². The number of ether oxygens (including phenoxy) is 1. The molecule has 5 heteroatoms. The van der Waals surface area contributed by atoms with Gasteiger partial charge in [0.25, 0.3) is 0 Å². The van der Waals surface area contributed by atoms with Gasteiger partial charge >= 0.3 is 0 Å². The summed E-state index contributed by atoms with van der Waals surface area (Å²) < 4.78 is 5.73. The first-order valence-electron chi connectivity index (χ1n) is 7.59. The maximum Gasteiger partial charge on any atom is 0.224 e. The molecule has 1 N–H and O–H groups in total. The molecule has 1 saturated carbocycles. The molecule has 0 bridgehead atoms. The average Bonchev–Trinajstić information content (AvgIpc) is 3.04. The van der Waals surface area contributed by atoms with Gasteiger partial charge in [0.2, 0.25) is 5.91 Å². The highest BCUT2D eigenvalue weighted by molar-refractivity contribution is 7.12. The molecule has 2 aliphatic rings. The summed E-state index contributed by atoms with van der Waals surface area (Å²) in [5, 5.41) is 5.08. The highest BCUT2D eigenvalue weighted by Crippen LogP contribution is 2.45. The molecule has 0 radical (unpaired) electrons. The molecule has 4 nitrogen and oxygen atoms in total. The SMILES string of the molecule is CC[C@@H]1[C@@H](NC(=O)Cc2csc(C(C)=O)c2)[C@@H]2CCO[C@H]12. The number of thiophene rings is 1. The summed E-state index contributed by atoms with van der Waals surface area (Å²) in [5.74, 6) is 1.06. The Hall–Kier alpha value is -1.20. The second kappa shape index (κ2) is 5.89.